The lowest BCUT2D eigenvalue weighted by Gasteiger charge is -2.28. The minimum absolute atomic E-state index is 0.00288. The van der Waals surface area contributed by atoms with Crippen LogP contribution in [0.3, 0.4) is 0 Å². The van der Waals surface area contributed by atoms with Gasteiger partial charge in [0.1, 0.15) is 18.1 Å². The maximum Gasteiger partial charge on any atom is 0.303 e. The topological polar surface area (TPSA) is 55.8 Å². The molecule has 2 aromatic carbocycles. The number of carboxylic acid groups (broad SMARTS) is 1. The number of halogens is 2. The van der Waals surface area contributed by atoms with Gasteiger partial charge in [0.15, 0.2) is 0 Å². The summed E-state index contributed by atoms with van der Waals surface area (Å²) in [6, 6.07) is 10.1. The summed E-state index contributed by atoms with van der Waals surface area (Å²) < 4.78 is 12.2. The van der Waals surface area contributed by atoms with Gasteiger partial charge >= 0.3 is 5.97 Å². The number of hydrogen-bond acceptors (Lipinski definition) is 3. The number of unbranched alkanes of at least 4 members (excludes halogenated alkanes) is 2. The van der Waals surface area contributed by atoms with E-state index < -0.39 is 5.97 Å². The SMILES string of the molecule is CCCC1(CCCCCC(=O)O)COc2cc(OCc3c(Cl)cc(C4CC4)cc3Cl)ccc21. The molecule has 2 aliphatic rings. The molecule has 1 aliphatic carbocycles. The third-order valence-electron chi connectivity index (χ3n) is 6.90. The average Bonchev–Trinajstić information content (AvgIpc) is 3.57. The van der Waals surface area contributed by atoms with E-state index in [4.69, 9.17) is 37.8 Å². The van der Waals surface area contributed by atoms with Crippen molar-refractivity contribution in [3.8, 4) is 11.5 Å². The van der Waals surface area contributed by atoms with Crippen LogP contribution in [0.4, 0.5) is 0 Å². The number of fused-ring (bicyclic) bond motifs is 1. The van der Waals surface area contributed by atoms with Gasteiger partial charge < -0.3 is 14.6 Å². The molecule has 1 saturated carbocycles. The summed E-state index contributed by atoms with van der Waals surface area (Å²) in [5.74, 6) is 1.50. The van der Waals surface area contributed by atoms with Crippen molar-refractivity contribution in [3.63, 3.8) is 0 Å². The number of ether oxygens (including phenoxy) is 2. The van der Waals surface area contributed by atoms with Gasteiger partial charge in [-0.05, 0) is 61.8 Å². The van der Waals surface area contributed by atoms with E-state index in [-0.39, 0.29) is 11.8 Å². The maximum atomic E-state index is 10.8. The van der Waals surface area contributed by atoms with E-state index in [1.807, 2.05) is 24.3 Å². The van der Waals surface area contributed by atoms with Crippen LogP contribution in [-0.2, 0) is 16.8 Å². The second-order valence-corrected chi connectivity index (χ2v) is 10.3. The van der Waals surface area contributed by atoms with Gasteiger partial charge in [0.25, 0.3) is 0 Å². The molecule has 1 fully saturated rings. The summed E-state index contributed by atoms with van der Waals surface area (Å²) in [6.07, 6.45) is 8.45. The molecule has 1 N–H and O–H groups in total. The molecule has 0 aromatic heterocycles. The molecule has 1 aliphatic heterocycles. The van der Waals surface area contributed by atoms with Crippen molar-refractivity contribution in [1.82, 2.24) is 0 Å². The van der Waals surface area contributed by atoms with E-state index in [1.165, 1.54) is 24.0 Å². The smallest absolute Gasteiger partial charge is 0.303 e. The Morgan fingerprint density at radius 2 is 1.88 bits per heavy atom. The monoisotopic (exact) mass is 490 g/mol. The molecule has 1 unspecified atom stereocenters. The molecular formula is C27H32Cl2O4. The molecule has 33 heavy (non-hydrogen) atoms. The highest BCUT2D eigenvalue weighted by Crippen LogP contribution is 2.47. The Morgan fingerprint density at radius 3 is 2.55 bits per heavy atom. The van der Waals surface area contributed by atoms with Crippen LogP contribution in [-0.4, -0.2) is 17.7 Å². The largest absolute Gasteiger partial charge is 0.492 e. The highest BCUT2D eigenvalue weighted by Gasteiger charge is 2.39. The maximum absolute atomic E-state index is 10.8. The van der Waals surface area contributed by atoms with Gasteiger partial charge in [0.2, 0.25) is 0 Å². The molecule has 1 atom stereocenters. The standard InChI is InChI=1S/C27H32Cl2O4/c1-2-11-27(12-5-3-4-6-26(30)31)17-33-25-15-20(9-10-22(25)27)32-16-21-23(28)13-19(14-24(21)29)18-7-8-18/h9-10,13-15,18H,2-8,11-12,16-17H2,1H3,(H,30,31). The summed E-state index contributed by atoms with van der Waals surface area (Å²) in [5, 5.41) is 10.2. The molecule has 178 valence electrons. The lowest BCUT2D eigenvalue weighted by molar-refractivity contribution is -0.137. The van der Waals surface area contributed by atoms with Crippen molar-refractivity contribution in [2.24, 2.45) is 0 Å². The second kappa shape index (κ2) is 10.6. The number of benzene rings is 2. The first kappa shape index (κ1) is 24.2. The fourth-order valence-corrected chi connectivity index (χ4v) is 5.56. The number of carbonyl (C=O) groups is 1. The van der Waals surface area contributed by atoms with Crippen LogP contribution < -0.4 is 9.47 Å². The fraction of sp³-hybridized carbons (Fsp3) is 0.519. The molecule has 2 aromatic rings. The minimum atomic E-state index is -0.721. The Hall–Kier alpha value is -1.91. The Balaban J connectivity index is 1.41. The summed E-state index contributed by atoms with van der Waals surface area (Å²) in [5.41, 5.74) is 3.26. The summed E-state index contributed by atoms with van der Waals surface area (Å²) >= 11 is 13.0. The minimum Gasteiger partial charge on any atom is -0.492 e. The van der Waals surface area contributed by atoms with Crippen LogP contribution >= 0.6 is 23.2 Å². The Bertz CT molecular complexity index is 979. The van der Waals surface area contributed by atoms with E-state index in [1.54, 1.807) is 0 Å². The highest BCUT2D eigenvalue weighted by molar-refractivity contribution is 6.36. The van der Waals surface area contributed by atoms with Gasteiger partial charge in [0, 0.05) is 39.1 Å². The predicted molar refractivity (Wildman–Crippen MR) is 132 cm³/mol. The predicted octanol–water partition coefficient (Wildman–Crippen LogP) is 7.92. The molecule has 0 radical (unpaired) electrons. The van der Waals surface area contributed by atoms with Crippen LogP contribution in [0.5, 0.6) is 11.5 Å². The second-order valence-electron chi connectivity index (χ2n) is 9.46. The molecule has 0 amide bonds. The zero-order valence-electron chi connectivity index (χ0n) is 19.2. The van der Waals surface area contributed by atoms with Gasteiger partial charge in [-0.15, -0.1) is 0 Å². The first-order chi connectivity index (χ1) is 15.9. The number of rotatable bonds is 12. The third kappa shape index (κ3) is 5.78. The first-order valence-corrected chi connectivity index (χ1v) is 12.8. The third-order valence-corrected chi connectivity index (χ3v) is 7.57. The van der Waals surface area contributed by atoms with Crippen LogP contribution in [0.15, 0.2) is 30.3 Å². The number of hydrogen-bond donors (Lipinski definition) is 1. The Morgan fingerprint density at radius 1 is 1.12 bits per heavy atom. The average molecular weight is 491 g/mol. The molecule has 0 saturated heterocycles. The van der Waals surface area contributed by atoms with Gasteiger partial charge in [-0.2, -0.15) is 0 Å². The molecule has 1 heterocycles. The van der Waals surface area contributed by atoms with E-state index in [9.17, 15) is 4.79 Å². The molecular weight excluding hydrogens is 459 g/mol. The Labute approximate surface area is 206 Å². The Kier molecular flexibility index (Phi) is 7.76. The quantitative estimate of drug-likeness (QED) is 0.307. The van der Waals surface area contributed by atoms with Crippen LogP contribution in [0, 0.1) is 0 Å². The van der Waals surface area contributed by atoms with Gasteiger partial charge in [-0.1, -0.05) is 55.5 Å². The lowest BCUT2D eigenvalue weighted by Crippen LogP contribution is -2.28. The van der Waals surface area contributed by atoms with E-state index in [0.29, 0.717) is 29.2 Å². The van der Waals surface area contributed by atoms with Crippen molar-refractivity contribution in [2.45, 2.75) is 82.7 Å². The number of aliphatic carboxylic acids is 1. The molecule has 0 bridgehead atoms. The van der Waals surface area contributed by atoms with Crippen LogP contribution in [0.25, 0.3) is 0 Å². The van der Waals surface area contributed by atoms with Crippen molar-refractivity contribution >= 4 is 29.2 Å². The van der Waals surface area contributed by atoms with Gasteiger partial charge in [-0.3, -0.25) is 4.79 Å². The molecule has 4 nitrogen and oxygen atoms in total. The highest BCUT2D eigenvalue weighted by atomic mass is 35.5. The fourth-order valence-electron chi connectivity index (χ4n) is 4.95. The normalized spacial score (nSPS) is 19.2. The van der Waals surface area contributed by atoms with Crippen molar-refractivity contribution in [3.05, 3.63) is 57.1 Å². The van der Waals surface area contributed by atoms with Gasteiger partial charge in [-0.25, -0.2) is 0 Å². The van der Waals surface area contributed by atoms with E-state index >= 15 is 0 Å². The zero-order chi connectivity index (χ0) is 23.4. The summed E-state index contributed by atoms with van der Waals surface area (Å²) in [7, 11) is 0. The van der Waals surface area contributed by atoms with Crippen LogP contribution in [0.1, 0.15) is 87.3 Å². The lowest BCUT2D eigenvalue weighted by atomic mass is 9.74. The molecule has 4 rings (SSSR count). The van der Waals surface area contributed by atoms with Crippen molar-refractivity contribution < 1.29 is 19.4 Å². The first-order valence-electron chi connectivity index (χ1n) is 12.0. The van der Waals surface area contributed by atoms with Gasteiger partial charge in [0.05, 0.1) is 6.61 Å². The molecule has 0 spiro atoms. The van der Waals surface area contributed by atoms with Crippen molar-refractivity contribution in [1.29, 1.82) is 0 Å². The zero-order valence-corrected chi connectivity index (χ0v) is 20.7. The van der Waals surface area contributed by atoms with E-state index in [0.717, 1.165) is 55.6 Å². The van der Waals surface area contributed by atoms with Crippen LogP contribution in [0.2, 0.25) is 10.0 Å². The summed E-state index contributed by atoms with van der Waals surface area (Å²) in [6.45, 7) is 3.17. The van der Waals surface area contributed by atoms with E-state index in [2.05, 4.69) is 13.0 Å². The van der Waals surface area contributed by atoms with Crippen molar-refractivity contribution in [2.75, 3.05) is 6.61 Å². The number of carboxylic acids is 1. The molecule has 6 heteroatoms. The summed E-state index contributed by atoms with van der Waals surface area (Å²) in [4.78, 5) is 10.8.